The van der Waals surface area contributed by atoms with Crippen LogP contribution in [0.25, 0.3) is 0 Å². The van der Waals surface area contributed by atoms with E-state index in [1.165, 1.54) is 12.8 Å². The van der Waals surface area contributed by atoms with E-state index < -0.39 is 0 Å². The minimum absolute atomic E-state index is 0.0603. The summed E-state index contributed by atoms with van der Waals surface area (Å²) >= 11 is 0. The molecule has 0 aromatic carbocycles. The van der Waals surface area contributed by atoms with Crippen LogP contribution in [0.1, 0.15) is 53.2 Å². The predicted octanol–water partition coefficient (Wildman–Crippen LogP) is 1.80. The highest BCUT2D eigenvalue weighted by atomic mass is 16.5. The van der Waals surface area contributed by atoms with Gasteiger partial charge in [-0.2, -0.15) is 4.98 Å². The van der Waals surface area contributed by atoms with Gasteiger partial charge < -0.3 is 14.4 Å². The van der Waals surface area contributed by atoms with Crippen molar-refractivity contribution in [2.24, 2.45) is 7.05 Å². The minimum atomic E-state index is -0.0603. The number of hydrogen-bond donors (Lipinski definition) is 1. The zero-order valence-corrected chi connectivity index (χ0v) is 13.9. The molecular formula is C16H23N5O2. The van der Waals surface area contributed by atoms with Crippen LogP contribution in [-0.2, 0) is 13.6 Å². The van der Waals surface area contributed by atoms with Gasteiger partial charge in [-0.05, 0) is 31.5 Å². The van der Waals surface area contributed by atoms with Gasteiger partial charge in [0.1, 0.15) is 5.69 Å². The summed E-state index contributed by atoms with van der Waals surface area (Å²) in [5.74, 6) is 1.25. The number of aromatic nitrogens is 3. The maximum absolute atomic E-state index is 11.9. The molecule has 7 heteroatoms. The fourth-order valence-electron chi connectivity index (χ4n) is 3.32. The highest BCUT2D eigenvalue weighted by molar-refractivity contribution is 5.92. The molecule has 2 aromatic rings. The van der Waals surface area contributed by atoms with Crippen LogP contribution >= 0.6 is 0 Å². The SMILES string of the molecule is CNC(=O)c1ccc(C2CCCCN2Cc2noc(C)n2)n1C. The van der Waals surface area contributed by atoms with E-state index in [2.05, 4.69) is 26.4 Å². The summed E-state index contributed by atoms with van der Waals surface area (Å²) in [6.07, 6.45) is 3.43. The highest BCUT2D eigenvalue weighted by Gasteiger charge is 2.28. The third-order valence-electron chi connectivity index (χ3n) is 4.49. The Kier molecular flexibility index (Phi) is 4.47. The Morgan fingerprint density at radius 2 is 2.26 bits per heavy atom. The molecule has 1 unspecified atom stereocenters. The monoisotopic (exact) mass is 317 g/mol. The first-order valence-electron chi connectivity index (χ1n) is 8.01. The van der Waals surface area contributed by atoms with Crippen molar-refractivity contribution in [2.75, 3.05) is 13.6 Å². The molecule has 1 aliphatic heterocycles. The van der Waals surface area contributed by atoms with Crippen LogP contribution in [0.15, 0.2) is 16.7 Å². The zero-order chi connectivity index (χ0) is 16.4. The number of aryl methyl sites for hydroxylation is 1. The van der Waals surface area contributed by atoms with Gasteiger partial charge in [0.15, 0.2) is 5.82 Å². The average Bonchev–Trinajstić information content (AvgIpc) is 3.13. The molecule has 0 saturated carbocycles. The first-order chi connectivity index (χ1) is 11.1. The largest absolute Gasteiger partial charge is 0.354 e. The Bertz CT molecular complexity index is 690. The van der Waals surface area contributed by atoms with Gasteiger partial charge in [-0.15, -0.1) is 0 Å². The molecule has 3 rings (SSSR count). The summed E-state index contributed by atoms with van der Waals surface area (Å²) in [6.45, 7) is 3.47. The summed E-state index contributed by atoms with van der Waals surface area (Å²) in [7, 11) is 3.60. The number of likely N-dealkylation sites (tertiary alicyclic amines) is 1. The second-order valence-corrected chi connectivity index (χ2v) is 5.99. The van der Waals surface area contributed by atoms with E-state index in [4.69, 9.17) is 4.52 Å². The number of carbonyl (C=O) groups excluding carboxylic acids is 1. The molecule has 1 N–H and O–H groups in total. The molecule has 7 nitrogen and oxygen atoms in total. The van der Waals surface area contributed by atoms with Crippen LogP contribution in [0, 0.1) is 6.92 Å². The van der Waals surface area contributed by atoms with Crippen LogP contribution in [0.2, 0.25) is 0 Å². The van der Waals surface area contributed by atoms with E-state index in [1.807, 2.05) is 17.7 Å². The zero-order valence-electron chi connectivity index (χ0n) is 13.9. The molecule has 1 saturated heterocycles. The Labute approximate surface area is 135 Å². The molecule has 1 fully saturated rings. The molecule has 0 aliphatic carbocycles. The fraction of sp³-hybridized carbons (Fsp3) is 0.562. The van der Waals surface area contributed by atoms with Gasteiger partial charge in [-0.25, -0.2) is 0 Å². The summed E-state index contributed by atoms with van der Waals surface area (Å²) in [6, 6.07) is 4.21. The van der Waals surface area contributed by atoms with Gasteiger partial charge in [0.2, 0.25) is 5.89 Å². The van der Waals surface area contributed by atoms with E-state index in [1.54, 1.807) is 14.0 Å². The van der Waals surface area contributed by atoms with Crippen LogP contribution in [0.4, 0.5) is 0 Å². The Balaban J connectivity index is 1.84. The first kappa shape index (κ1) is 15.7. The van der Waals surface area contributed by atoms with E-state index in [0.29, 0.717) is 18.1 Å². The topological polar surface area (TPSA) is 76.2 Å². The first-order valence-corrected chi connectivity index (χ1v) is 8.01. The molecule has 2 aromatic heterocycles. The third-order valence-corrected chi connectivity index (χ3v) is 4.49. The second-order valence-electron chi connectivity index (χ2n) is 5.99. The molecule has 0 spiro atoms. The molecule has 3 heterocycles. The summed E-state index contributed by atoms with van der Waals surface area (Å²) in [5.41, 5.74) is 1.84. The second kappa shape index (κ2) is 6.54. The Hall–Kier alpha value is -2.15. The Morgan fingerprint density at radius 3 is 2.96 bits per heavy atom. The van der Waals surface area contributed by atoms with Crippen molar-refractivity contribution in [3.8, 4) is 0 Å². The summed E-state index contributed by atoms with van der Waals surface area (Å²) < 4.78 is 7.06. The molecular weight excluding hydrogens is 294 g/mol. The molecule has 0 radical (unpaired) electrons. The lowest BCUT2D eigenvalue weighted by Gasteiger charge is -2.35. The number of carbonyl (C=O) groups is 1. The van der Waals surface area contributed by atoms with Crippen LogP contribution in [-0.4, -0.2) is 39.1 Å². The maximum atomic E-state index is 11.9. The lowest BCUT2D eigenvalue weighted by molar-refractivity contribution is 0.0952. The summed E-state index contributed by atoms with van der Waals surface area (Å²) in [5, 5.41) is 6.69. The van der Waals surface area contributed by atoms with Gasteiger partial charge in [0.25, 0.3) is 5.91 Å². The quantitative estimate of drug-likeness (QED) is 0.930. The number of nitrogens with one attached hydrogen (secondary N) is 1. The highest BCUT2D eigenvalue weighted by Crippen LogP contribution is 2.32. The maximum Gasteiger partial charge on any atom is 0.267 e. The lowest BCUT2D eigenvalue weighted by atomic mass is 9.99. The van der Waals surface area contributed by atoms with E-state index in [-0.39, 0.29) is 11.9 Å². The smallest absolute Gasteiger partial charge is 0.267 e. The molecule has 1 aliphatic rings. The number of amides is 1. The normalized spacial score (nSPS) is 19.0. The lowest BCUT2D eigenvalue weighted by Crippen LogP contribution is -2.34. The van der Waals surface area contributed by atoms with Crippen molar-refractivity contribution in [3.05, 3.63) is 35.2 Å². The van der Waals surface area contributed by atoms with Gasteiger partial charge in [0.05, 0.1) is 12.6 Å². The third kappa shape index (κ3) is 3.14. The average molecular weight is 317 g/mol. The van der Waals surface area contributed by atoms with E-state index in [9.17, 15) is 4.79 Å². The number of piperidine rings is 1. The van der Waals surface area contributed by atoms with E-state index >= 15 is 0 Å². The standard InChI is InChI=1S/C16H23N5O2/c1-11-18-15(19-23-11)10-21-9-5-4-6-13(21)12-7-8-14(20(12)3)16(22)17-2/h7-8,13H,4-6,9-10H2,1-3H3,(H,17,22). The molecule has 124 valence electrons. The van der Waals surface area contributed by atoms with Gasteiger partial charge >= 0.3 is 0 Å². The number of rotatable bonds is 4. The number of hydrogen-bond acceptors (Lipinski definition) is 5. The fourth-order valence-corrected chi connectivity index (χ4v) is 3.32. The van der Waals surface area contributed by atoms with Crippen LogP contribution in [0.5, 0.6) is 0 Å². The van der Waals surface area contributed by atoms with Crippen molar-refractivity contribution < 1.29 is 9.32 Å². The van der Waals surface area contributed by atoms with Crippen molar-refractivity contribution >= 4 is 5.91 Å². The van der Waals surface area contributed by atoms with Crippen LogP contribution in [0.3, 0.4) is 0 Å². The molecule has 1 atom stereocenters. The number of nitrogens with zero attached hydrogens (tertiary/aromatic N) is 4. The van der Waals surface area contributed by atoms with E-state index in [0.717, 1.165) is 24.5 Å². The molecule has 23 heavy (non-hydrogen) atoms. The van der Waals surface area contributed by atoms with Gasteiger partial charge in [0, 0.05) is 26.7 Å². The van der Waals surface area contributed by atoms with Crippen molar-refractivity contribution in [3.63, 3.8) is 0 Å². The van der Waals surface area contributed by atoms with Crippen molar-refractivity contribution in [2.45, 2.75) is 38.8 Å². The predicted molar refractivity (Wildman–Crippen MR) is 84.8 cm³/mol. The van der Waals surface area contributed by atoms with Crippen LogP contribution < -0.4 is 5.32 Å². The summed E-state index contributed by atoms with van der Waals surface area (Å²) in [4.78, 5) is 18.6. The van der Waals surface area contributed by atoms with Crippen molar-refractivity contribution in [1.82, 2.24) is 24.9 Å². The minimum Gasteiger partial charge on any atom is -0.354 e. The Morgan fingerprint density at radius 1 is 1.43 bits per heavy atom. The molecule has 1 amide bonds. The molecule has 0 bridgehead atoms. The van der Waals surface area contributed by atoms with Gasteiger partial charge in [-0.3, -0.25) is 9.69 Å². The van der Waals surface area contributed by atoms with Crippen molar-refractivity contribution in [1.29, 1.82) is 0 Å². The van der Waals surface area contributed by atoms with Gasteiger partial charge in [-0.1, -0.05) is 11.6 Å².